The first-order chi connectivity index (χ1) is 7.73. The number of carbonyl (C=O) groups excluding carboxylic acids is 1. The van der Waals surface area contributed by atoms with Crippen molar-refractivity contribution in [3.8, 4) is 0 Å². The van der Waals surface area contributed by atoms with Crippen LogP contribution < -0.4 is 16.4 Å². The van der Waals surface area contributed by atoms with Gasteiger partial charge in [0, 0.05) is 16.8 Å². The van der Waals surface area contributed by atoms with Crippen LogP contribution in [-0.2, 0) is 5.54 Å². The number of nitrogens with two attached hydrogens (primary N) is 1. The molecule has 1 saturated heterocycles. The summed E-state index contributed by atoms with van der Waals surface area (Å²) < 4.78 is 0. The maximum absolute atomic E-state index is 11.9. The zero-order chi connectivity index (χ0) is 11.2. The molecule has 2 aliphatic heterocycles. The average Bonchev–Trinajstić information content (AvgIpc) is 2.55. The molecule has 1 spiro atoms. The highest BCUT2D eigenvalue weighted by molar-refractivity contribution is 6.01. The van der Waals surface area contributed by atoms with E-state index < -0.39 is 0 Å². The summed E-state index contributed by atoms with van der Waals surface area (Å²) in [6, 6.07) is 5.58. The SMILES string of the molecule is Nc1cccc2c1C1(CCNCC1)NC2=O. The molecule has 2 aliphatic rings. The van der Waals surface area contributed by atoms with Crippen molar-refractivity contribution in [2.45, 2.75) is 18.4 Å². The van der Waals surface area contributed by atoms with Gasteiger partial charge in [-0.05, 0) is 38.1 Å². The van der Waals surface area contributed by atoms with Crippen LogP contribution in [-0.4, -0.2) is 19.0 Å². The summed E-state index contributed by atoms with van der Waals surface area (Å²) in [4.78, 5) is 11.9. The molecule has 1 aromatic rings. The Hall–Kier alpha value is -1.55. The molecule has 0 unspecified atom stereocenters. The van der Waals surface area contributed by atoms with Crippen LogP contribution in [0.3, 0.4) is 0 Å². The highest BCUT2D eigenvalue weighted by Crippen LogP contribution is 2.40. The summed E-state index contributed by atoms with van der Waals surface area (Å²) in [5, 5.41) is 6.43. The monoisotopic (exact) mass is 217 g/mol. The molecule has 4 nitrogen and oxygen atoms in total. The first-order valence-electron chi connectivity index (χ1n) is 5.65. The molecule has 84 valence electrons. The van der Waals surface area contributed by atoms with Gasteiger partial charge in [-0.15, -0.1) is 0 Å². The van der Waals surface area contributed by atoms with E-state index in [0.717, 1.165) is 42.7 Å². The lowest BCUT2D eigenvalue weighted by atomic mass is 9.81. The van der Waals surface area contributed by atoms with E-state index in [-0.39, 0.29) is 11.4 Å². The Kier molecular flexibility index (Phi) is 1.94. The van der Waals surface area contributed by atoms with Gasteiger partial charge in [-0.25, -0.2) is 0 Å². The molecule has 0 bridgehead atoms. The number of anilines is 1. The van der Waals surface area contributed by atoms with Crippen molar-refractivity contribution < 1.29 is 4.79 Å². The Bertz CT molecular complexity index is 450. The molecule has 4 heteroatoms. The molecule has 4 N–H and O–H groups in total. The number of fused-ring (bicyclic) bond motifs is 2. The van der Waals surface area contributed by atoms with E-state index in [2.05, 4.69) is 10.6 Å². The smallest absolute Gasteiger partial charge is 0.252 e. The van der Waals surface area contributed by atoms with Gasteiger partial charge in [0.2, 0.25) is 0 Å². The molecule has 2 heterocycles. The third-order valence-electron chi connectivity index (χ3n) is 3.63. The second kappa shape index (κ2) is 3.22. The first-order valence-corrected chi connectivity index (χ1v) is 5.65. The predicted octanol–water partition coefficient (Wildman–Crippen LogP) is 0.591. The van der Waals surface area contributed by atoms with E-state index in [1.54, 1.807) is 0 Å². The Morgan fingerprint density at radius 2 is 2.00 bits per heavy atom. The van der Waals surface area contributed by atoms with E-state index in [4.69, 9.17) is 5.73 Å². The molecule has 0 atom stereocenters. The fourth-order valence-electron chi connectivity index (χ4n) is 2.87. The van der Waals surface area contributed by atoms with Crippen molar-refractivity contribution >= 4 is 11.6 Å². The van der Waals surface area contributed by atoms with Gasteiger partial charge < -0.3 is 16.4 Å². The van der Waals surface area contributed by atoms with Gasteiger partial charge in [-0.2, -0.15) is 0 Å². The Balaban J connectivity index is 2.16. The number of rotatable bonds is 0. The lowest BCUT2D eigenvalue weighted by Gasteiger charge is -2.35. The zero-order valence-electron chi connectivity index (χ0n) is 9.05. The largest absolute Gasteiger partial charge is 0.398 e. The maximum Gasteiger partial charge on any atom is 0.252 e. The third-order valence-corrected chi connectivity index (χ3v) is 3.63. The van der Waals surface area contributed by atoms with Gasteiger partial charge in [-0.3, -0.25) is 4.79 Å². The van der Waals surface area contributed by atoms with E-state index in [1.807, 2.05) is 18.2 Å². The summed E-state index contributed by atoms with van der Waals surface area (Å²) in [6.07, 6.45) is 1.83. The summed E-state index contributed by atoms with van der Waals surface area (Å²) >= 11 is 0. The molecule has 0 radical (unpaired) electrons. The minimum atomic E-state index is -0.219. The van der Waals surface area contributed by atoms with Crippen LogP contribution in [0.15, 0.2) is 18.2 Å². The fourth-order valence-corrected chi connectivity index (χ4v) is 2.87. The van der Waals surface area contributed by atoms with Crippen LogP contribution in [0.25, 0.3) is 0 Å². The van der Waals surface area contributed by atoms with Crippen LogP contribution in [0.4, 0.5) is 5.69 Å². The number of nitrogens with one attached hydrogen (secondary N) is 2. The zero-order valence-corrected chi connectivity index (χ0v) is 9.05. The number of nitrogen functional groups attached to an aromatic ring is 1. The molecule has 16 heavy (non-hydrogen) atoms. The van der Waals surface area contributed by atoms with Crippen LogP contribution in [0, 0.1) is 0 Å². The molecule has 1 amide bonds. The highest BCUT2D eigenvalue weighted by atomic mass is 16.2. The van der Waals surface area contributed by atoms with Gasteiger partial charge >= 0.3 is 0 Å². The average molecular weight is 217 g/mol. The summed E-state index contributed by atoms with van der Waals surface area (Å²) in [5.41, 5.74) is 8.31. The molecule has 1 aromatic carbocycles. The van der Waals surface area contributed by atoms with E-state index in [1.165, 1.54) is 0 Å². The Morgan fingerprint density at radius 3 is 2.75 bits per heavy atom. The quantitative estimate of drug-likeness (QED) is 0.557. The minimum absolute atomic E-state index is 0.0178. The molecule has 1 fully saturated rings. The van der Waals surface area contributed by atoms with Gasteiger partial charge in [0.25, 0.3) is 5.91 Å². The normalized spacial score (nSPS) is 21.9. The fraction of sp³-hybridized carbons (Fsp3) is 0.417. The lowest BCUT2D eigenvalue weighted by Crippen LogP contribution is -2.47. The summed E-state index contributed by atoms with van der Waals surface area (Å²) in [6.45, 7) is 1.85. The van der Waals surface area contributed by atoms with Crippen molar-refractivity contribution in [3.05, 3.63) is 29.3 Å². The summed E-state index contributed by atoms with van der Waals surface area (Å²) in [5.74, 6) is 0.0178. The van der Waals surface area contributed by atoms with Crippen LogP contribution in [0.5, 0.6) is 0 Å². The second-order valence-electron chi connectivity index (χ2n) is 4.56. The lowest BCUT2D eigenvalue weighted by molar-refractivity contribution is 0.0914. The standard InChI is InChI=1S/C12H15N3O/c13-9-3-1-2-8-10(9)12(15-11(8)16)4-6-14-7-5-12/h1-3,14H,4-7,13H2,(H,15,16). The molecule has 0 aromatic heterocycles. The topological polar surface area (TPSA) is 67.2 Å². The molecular formula is C12H15N3O. The molecule has 0 saturated carbocycles. The molecule has 0 aliphatic carbocycles. The van der Waals surface area contributed by atoms with Crippen molar-refractivity contribution in [1.29, 1.82) is 0 Å². The Morgan fingerprint density at radius 1 is 1.25 bits per heavy atom. The van der Waals surface area contributed by atoms with Crippen molar-refractivity contribution in [1.82, 2.24) is 10.6 Å². The first kappa shape index (κ1) is 9.66. The maximum atomic E-state index is 11.9. The second-order valence-corrected chi connectivity index (χ2v) is 4.56. The predicted molar refractivity (Wildman–Crippen MR) is 62.1 cm³/mol. The number of hydrogen-bond donors (Lipinski definition) is 3. The van der Waals surface area contributed by atoms with Crippen molar-refractivity contribution in [2.24, 2.45) is 0 Å². The van der Waals surface area contributed by atoms with Gasteiger partial charge in [0.05, 0.1) is 5.54 Å². The van der Waals surface area contributed by atoms with Crippen molar-refractivity contribution in [2.75, 3.05) is 18.8 Å². The highest BCUT2D eigenvalue weighted by Gasteiger charge is 2.44. The Labute approximate surface area is 94.2 Å². The van der Waals surface area contributed by atoms with Gasteiger partial charge in [0.15, 0.2) is 0 Å². The third kappa shape index (κ3) is 1.16. The van der Waals surface area contributed by atoms with E-state index in [9.17, 15) is 4.79 Å². The van der Waals surface area contributed by atoms with Crippen LogP contribution in [0.1, 0.15) is 28.8 Å². The summed E-state index contributed by atoms with van der Waals surface area (Å²) in [7, 11) is 0. The minimum Gasteiger partial charge on any atom is -0.398 e. The number of amides is 1. The van der Waals surface area contributed by atoms with Crippen LogP contribution in [0.2, 0.25) is 0 Å². The van der Waals surface area contributed by atoms with Crippen LogP contribution >= 0.6 is 0 Å². The number of benzene rings is 1. The molecule has 3 rings (SSSR count). The van der Waals surface area contributed by atoms with Gasteiger partial charge in [0.1, 0.15) is 0 Å². The van der Waals surface area contributed by atoms with Crippen molar-refractivity contribution in [3.63, 3.8) is 0 Å². The molecular weight excluding hydrogens is 202 g/mol. The van der Waals surface area contributed by atoms with Gasteiger partial charge in [-0.1, -0.05) is 6.07 Å². The van der Waals surface area contributed by atoms with E-state index in [0.29, 0.717) is 0 Å². The van der Waals surface area contributed by atoms with E-state index >= 15 is 0 Å². The number of hydrogen-bond acceptors (Lipinski definition) is 3. The number of piperidine rings is 1. The number of carbonyl (C=O) groups is 1.